The molecule has 15 heavy (non-hydrogen) atoms. The zero-order valence-electron chi connectivity index (χ0n) is 8.55. The van der Waals surface area contributed by atoms with Gasteiger partial charge in [-0.25, -0.2) is 0 Å². The van der Waals surface area contributed by atoms with Crippen LogP contribution in [0.5, 0.6) is 5.75 Å². The Labute approximate surface area is 98.1 Å². The van der Waals surface area contributed by atoms with E-state index >= 15 is 0 Å². The fourth-order valence-corrected chi connectivity index (χ4v) is 2.36. The fourth-order valence-electron chi connectivity index (χ4n) is 1.80. The Morgan fingerprint density at radius 1 is 1.47 bits per heavy atom. The zero-order chi connectivity index (χ0) is 10.7. The summed E-state index contributed by atoms with van der Waals surface area (Å²) in [6, 6.07) is 4.24. The number of nitrogens with two attached hydrogens (primary N) is 1. The van der Waals surface area contributed by atoms with Gasteiger partial charge in [-0.15, -0.1) is 0 Å². The summed E-state index contributed by atoms with van der Waals surface area (Å²) in [6.07, 6.45) is 1.01. The van der Waals surface area contributed by atoms with Gasteiger partial charge in [-0.1, -0.05) is 15.9 Å². The number of benzene rings is 1. The summed E-state index contributed by atoms with van der Waals surface area (Å²) in [7, 11) is 0. The van der Waals surface area contributed by atoms with Crippen LogP contribution in [0.15, 0.2) is 16.6 Å². The molecule has 1 aliphatic heterocycles. The van der Waals surface area contributed by atoms with Gasteiger partial charge in [0.15, 0.2) is 0 Å². The van der Waals surface area contributed by atoms with Crippen LogP contribution in [0.2, 0.25) is 0 Å². The predicted molar refractivity (Wildman–Crippen MR) is 64.1 cm³/mol. The second-order valence-electron chi connectivity index (χ2n) is 3.62. The Balaban J connectivity index is 2.15. The minimum absolute atomic E-state index is 0.664. The van der Waals surface area contributed by atoms with E-state index in [1.54, 1.807) is 0 Å². The van der Waals surface area contributed by atoms with Crippen molar-refractivity contribution >= 4 is 15.9 Å². The smallest absolute Gasteiger partial charge is 0.127 e. The van der Waals surface area contributed by atoms with Gasteiger partial charge in [-0.3, -0.25) is 0 Å². The SMILES string of the molecule is NCCNCc1cc(Br)cc2c1OCC2. The Bertz CT molecular complexity index is 355. The van der Waals surface area contributed by atoms with Crippen molar-refractivity contribution in [3.63, 3.8) is 0 Å². The van der Waals surface area contributed by atoms with Crippen molar-refractivity contribution in [3.8, 4) is 5.75 Å². The molecule has 82 valence electrons. The number of ether oxygens (including phenoxy) is 1. The van der Waals surface area contributed by atoms with E-state index < -0.39 is 0 Å². The Morgan fingerprint density at radius 3 is 3.13 bits per heavy atom. The van der Waals surface area contributed by atoms with Gasteiger partial charge in [-0.05, 0) is 17.7 Å². The first-order valence-corrected chi connectivity index (χ1v) is 5.95. The first-order valence-electron chi connectivity index (χ1n) is 5.16. The third-order valence-electron chi connectivity index (χ3n) is 2.46. The molecule has 2 rings (SSSR count). The summed E-state index contributed by atoms with van der Waals surface area (Å²) < 4.78 is 6.74. The molecule has 1 aliphatic rings. The van der Waals surface area contributed by atoms with Gasteiger partial charge in [0.05, 0.1) is 6.61 Å². The van der Waals surface area contributed by atoms with Crippen molar-refractivity contribution in [2.45, 2.75) is 13.0 Å². The number of nitrogens with one attached hydrogen (secondary N) is 1. The van der Waals surface area contributed by atoms with E-state index in [0.717, 1.165) is 36.3 Å². The topological polar surface area (TPSA) is 47.3 Å². The quantitative estimate of drug-likeness (QED) is 0.814. The lowest BCUT2D eigenvalue weighted by molar-refractivity contribution is 0.352. The Hall–Kier alpha value is -0.580. The highest BCUT2D eigenvalue weighted by Gasteiger charge is 2.16. The van der Waals surface area contributed by atoms with Crippen LogP contribution < -0.4 is 15.8 Å². The summed E-state index contributed by atoms with van der Waals surface area (Å²) in [5, 5.41) is 3.28. The molecule has 0 spiro atoms. The summed E-state index contributed by atoms with van der Waals surface area (Å²) >= 11 is 3.52. The number of rotatable bonds is 4. The minimum atomic E-state index is 0.664. The van der Waals surface area contributed by atoms with Crippen molar-refractivity contribution in [3.05, 3.63) is 27.7 Å². The highest BCUT2D eigenvalue weighted by atomic mass is 79.9. The lowest BCUT2D eigenvalue weighted by Crippen LogP contribution is -2.22. The third kappa shape index (κ3) is 2.51. The average Bonchev–Trinajstić information content (AvgIpc) is 2.65. The molecule has 3 N–H and O–H groups in total. The van der Waals surface area contributed by atoms with Gasteiger partial charge >= 0.3 is 0 Å². The molecule has 1 aromatic rings. The van der Waals surface area contributed by atoms with Crippen LogP contribution in [0.25, 0.3) is 0 Å². The van der Waals surface area contributed by atoms with Crippen LogP contribution in [-0.2, 0) is 13.0 Å². The third-order valence-corrected chi connectivity index (χ3v) is 2.92. The zero-order valence-corrected chi connectivity index (χ0v) is 10.1. The van der Waals surface area contributed by atoms with Crippen molar-refractivity contribution in [1.29, 1.82) is 0 Å². The second-order valence-corrected chi connectivity index (χ2v) is 4.53. The van der Waals surface area contributed by atoms with Crippen LogP contribution in [-0.4, -0.2) is 19.7 Å². The highest BCUT2D eigenvalue weighted by molar-refractivity contribution is 9.10. The maximum absolute atomic E-state index is 5.62. The summed E-state index contributed by atoms with van der Waals surface area (Å²) in [5.74, 6) is 1.06. The van der Waals surface area contributed by atoms with Crippen LogP contribution >= 0.6 is 15.9 Å². The number of fused-ring (bicyclic) bond motifs is 1. The maximum atomic E-state index is 5.62. The molecule has 1 aromatic carbocycles. The largest absolute Gasteiger partial charge is 0.493 e. The van der Waals surface area contributed by atoms with E-state index in [0.29, 0.717) is 6.54 Å². The molecular weight excluding hydrogens is 256 g/mol. The first kappa shape index (κ1) is 10.9. The molecule has 3 nitrogen and oxygen atoms in total. The molecule has 0 amide bonds. The molecule has 0 atom stereocenters. The number of hydrogen-bond acceptors (Lipinski definition) is 3. The van der Waals surface area contributed by atoms with Crippen molar-refractivity contribution in [1.82, 2.24) is 5.32 Å². The summed E-state index contributed by atoms with van der Waals surface area (Å²) in [6.45, 7) is 3.12. The maximum Gasteiger partial charge on any atom is 0.127 e. The molecule has 0 bridgehead atoms. The average molecular weight is 271 g/mol. The Morgan fingerprint density at radius 2 is 2.33 bits per heavy atom. The number of halogens is 1. The fraction of sp³-hybridized carbons (Fsp3) is 0.455. The van der Waals surface area contributed by atoms with Gasteiger partial charge in [-0.2, -0.15) is 0 Å². The van der Waals surface area contributed by atoms with Crippen molar-refractivity contribution < 1.29 is 4.74 Å². The predicted octanol–water partition coefficient (Wildman–Crippen LogP) is 1.43. The van der Waals surface area contributed by atoms with Crippen LogP contribution in [0.4, 0.5) is 0 Å². The molecule has 0 saturated heterocycles. The molecule has 4 heteroatoms. The summed E-state index contributed by atoms with van der Waals surface area (Å²) in [4.78, 5) is 0. The minimum Gasteiger partial charge on any atom is -0.493 e. The van der Waals surface area contributed by atoms with E-state index in [1.165, 1.54) is 11.1 Å². The molecule has 0 unspecified atom stereocenters. The lowest BCUT2D eigenvalue weighted by Gasteiger charge is -2.09. The summed E-state index contributed by atoms with van der Waals surface area (Å²) in [5.41, 5.74) is 7.95. The molecule has 0 radical (unpaired) electrons. The van der Waals surface area contributed by atoms with E-state index in [9.17, 15) is 0 Å². The van der Waals surface area contributed by atoms with E-state index in [-0.39, 0.29) is 0 Å². The molecule has 0 saturated carbocycles. The van der Waals surface area contributed by atoms with Crippen molar-refractivity contribution in [2.24, 2.45) is 5.73 Å². The molecule has 0 aromatic heterocycles. The Kier molecular flexibility index (Phi) is 3.61. The monoisotopic (exact) mass is 270 g/mol. The standard InChI is InChI=1S/C11H15BrN2O/c12-10-5-8-1-4-15-11(8)9(6-10)7-14-3-2-13/h5-6,14H,1-4,7,13H2. The van der Waals surface area contributed by atoms with Crippen LogP contribution in [0.1, 0.15) is 11.1 Å². The van der Waals surface area contributed by atoms with Gasteiger partial charge < -0.3 is 15.8 Å². The molecular formula is C11H15BrN2O. The molecule has 1 heterocycles. The lowest BCUT2D eigenvalue weighted by atomic mass is 10.1. The van der Waals surface area contributed by atoms with Gasteiger partial charge in [0, 0.05) is 36.1 Å². The molecule has 0 aliphatic carbocycles. The van der Waals surface area contributed by atoms with Crippen LogP contribution in [0, 0.1) is 0 Å². The van der Waals surface area contributed by atoms with Crippen molar-refractivity contribution in [2.75, 3.05) is 19.7 Å². The van der Waals surface area contributed by atoms with E-state index in [1.807, 2.05) is 0 Å². The first-order chi connectivity index (χ1) is 7.31. The molecule has 0 fully saturated rings. The van der Waals surface area contributed by atoms with Crippen LogP contribution in [0.3, 0.4) is 0 Å². The van der Waals surface area contributed by atoms with Gasteiger partial charge in [0.1, 0.15) is 5.75 Å². The van der Waals surface area contributed by atoms with Gasteiger partial charge in [0.2, 0.25) is 0 Å². The van der Waals surface area contributed by atoms with Gasteiger partial charge in [0.25, 0.3) is 0 Å². The van der Waals surface area contributed by atoms with E-state index in [2.05, 4.69) is 33.4 Å². The normalized spacial score (nSPS) is 13.7. The highest BCUT2D eigenvalue weighted by Crippen LogP contribution is 2.32. The second kappa shape index (κ2) is 4.96. The van der Waals surface area contributed by atoms with E-state index in [4.69, 9.17) is 10.5 Å². The number of hydrogen-bond donors (Lipinski definition) is 2.